The number of nitrogens with zero attached hydrogens (tertiary/aromatic N) is 3. The van der Waals surface area contributed by atoms with E-state index in [1.807, 2.05) is 31.3 Å². The van der Waals surface area contributed by atoms with Gasteiger partial charge in [-0.05, 0) is 6.07 Å². The predicted octanol–water partition coefficient (Wildman–Crippen LogP) is 1.46. The van der Waals surface area contributed by atoms with E-state index in [4.69, 9.17) is 10.3 Å². The minimum atomic E-state index is -0.367. The first kappa shape index (κ1) is 13.7. The summed E-state index contributed by atoms with van der Waals surface area (Å²) in [6.07, 6.45) is 1.48. The number of aromatic nitrogens is 3. The number of carbonyl (C=O) groups excluding carboxylic acids is 1. The van der Waals surface area contributed by atoms with Gasteiger partial charge < -0.3 is 4.42 Å². The Bertz CT molecular complexity index is 795. The van der Waals surface area contributed by atoms with E-state index >= 15 is 0 Å². The summed E-state index contributed by atoms with van der Waals surface area (Å²) in [7, 11) is 1.81. The van der Waals surface area contributed by atoms with Gasteiger partial charge in [-0.25, -0.2) is 15.5 Å². The zero-order valence-corrected chi connectivity index (χ0v) is 12.1. The molecule has 0 aliphatic carbocycles. The average molecular weight is 303 g/mol. The number of nitrogen functional groups attached to an aromatic ring is 1. The van der Waals surface area contributed by atoms with E-state index in [0.717, 1.165) is 10.5 Å². The maximum Gasteiger partial charge on any atom is 0.269 e. The van der Waals surface area contributed by atoms with Crippen molar-refractivity contribution in [3.8, 4) is 0 Å². The SMILES string of the molecule is Cn1ncnc1SCc1oc2ccccc2c1C(=O)NN. The molecule has 0 radical (unpaired) electrons. The van der Waals surface area contributed by atoms with Gasteiger partial charge in [0, 0.05) is 12.4 Å². The van der Waals surface area contributed by atoms with Crippen LogP contribution in [0.2, 0.25) is 0 Å². The number of hydrazine groups is 1. The molecule has 3 aromatic rings. The molecular weight excluding hydrogens is 290 g/mol. The van der Waals surface area contributed by atoms with Gasteiger partial charge in [0.2, 0.25) is 0 Å². The van der Waals surface area contributed by atoms with Crippen molar-refractivity contribution in [3.63, 3.8) is 0 Å². The van der Waals surface area contributed by atoms with Crippen molar-refractivity contribution in [1.29, 1.82) is 0 Å². The smallest absolute Gasteiger partial charge is 0.269 e. The van der Waals surface area contributed by atoms with Gasteiger partial charge in [0.15, 0.2) is 5.16 Å². The third kappa shape index (κ3) is 2.50. The summed E-state index contributed by atoms with van der Waals surface area (Å²) < 4.78 is 7.43. The Morgan fingerprint density at radius 3 is 3.00 bits per heavy atom. The van der Waals surface area contributed by atoms with E-state index in [-0.39, 0.29) is 5.91 Å². The summed E-state index contributed by atoms with van der Waals surface area (Å²) in [6, 6.07) is 7.36. The highest BCUT2D eigenvalue weighted by molar-refractivity contribution is 7.98. The van der Waals surface area contributed by atoms with Gasteiger partial charge in [-0.3, -0.25) is 10.2 Å². The normalized spacial score (nSPS) is 11.0. The molecule has 0 fully saturated rings. The van der Waals surface area contributed by atoms with Gasteiger partial charge in [-0.15, -0.1) is 0 Å². The number of para-hydroxylation sites is 1. The van der Waals surface area contributed by atoms with Crippen LogP contribution in [0.5, 0.6) is 0 Å². The van der Waals surface area contributed by atoms with E-state index in [9.17, 15) is 4.79 Å². The second-order valence-electron chi connectivity index (χ2n) is 4.32. The molecule has 2 aromatic heterocycles. The molecule has 21 heavy (non-hydrogen) atoms. The molecule has 2 heterocycles. The summed E-state index contributed by atoms with van der Waals surface area (Å²) in [4.78, 5) is 16.1. The van der Waals surface area contributed by atoms with Crippen LogP contribution in [0.4, 0.5) is 0 Å². The lowest BCUT2D eigenvalue weighted by molar-refractivity contribution is 0.0953. The number of furan rings is 1. The Hall–Kier alpha value is -2.32. The van der Waals surface area contributed by atoms with Gasteiger partial charge >= 0.3 is 0 Å². The first-order valence-corrected chi connectivity index (χ1v) is 7.17. The van der Waals surface area contributed by atoms with Gasteiger partial charge in [-0.1, -0.05) is 30.0 Å². The predicted molar refractivity (Wildman–Crippen MR) is 78.4 cm³/mol. The van der Waals surface area contributed by atoms with Crippen molar-refractivity contribution in [3.05, 3.63) is 41.9 Å². The van der Waals surface area contributed by atoms with Gasteiger partial charge in [0.05, 0.1) is 11.3 Å². The molecule has 7 nitrogen and oxygen atoms in total. The van der Waals surface area contributed by atoms with Crippen LogP contribution in [0.15, 0.2) is 40.2 Å². The Balaban J connectivity index is 1.97. The molecule has 8 heteroatoms. The molecule has 0 aliphatic heterocycles. The third-order valence-electron chi connectivity index (χ3n) is 3.03. The van der Waals surface area contributed by atoms with E-state index < -0.39 is 0 Å². The summed E-state index contributed by atoms with van der Waals surface area (Å²) in [5.74, 6) is 5.92. The van der Waals surface area contributed by atoms with E-state index in [1.165, 1.54) is 18.1 Å². The van der Waals surface area contributed by atoms with Crippen LogP contribution in [0, 0.1) is 0 Å². The topological polar surface area (TPSA) is 99.0 Å². The largest absolute Gasteiger partial charge is 0.459 e. The molecule has 3 N–H and O–H groups in total. The summed E-state index contributed by atoms with van der Waals surface area (Å²) in [6.45, 7) is 0. The van der Waals surface area contributed by atoms with Crippen LogP contribution in [0.3, 0.4) is 0 Å². The Morgan fingerprint density at radius 2 is 2.29 bits per heavy atom. The molecule has 108 valence electrons. The first-order valence-electron chi connectivity index (χ1n) is 6.19. The van der Waals surface area contributed by atoms with Crippen LogP contribution in [-0.2, 0) is 12.8 Å². The van der Waals surface area contributed by atoms with Gasteiger partial charge in [0.25, 0.3) is 5.91 Å². The molecule has 3 rings (SSSR count). The molecule has 0 saturated heterocycles. The number of aryl methyl sites for hydroxylation is 1. The summed E-state index contributed by atoms with van der Waals surface area (Å²) >= 11 is 1.44. The minimum Gasteiger partial charge on any atom is -0.459 e. The number of hydrogen-bond acceptors (Lipinski definition) is 6. The van der Waals surface area contributed by atoms with Gasteiger partial charge in [0.1, 0.15) is 17.7 Å². The quantitative estimate of drug-likeness (QED) is 0.328. The Kier molecular flexibility index (Phi) is 3.63. The van der Waals surface area contributed by atoms with Crippen molar-refractivity contribution < 1.29 is 9.21 Å². The number of thioether (sulfide) groups is 1. The van der Waals surface area contributed by atoms with Crippen LogP contribution in [-0.4, -0.2) is 20.7 Å². The Morgan fingerprint density at radius 1 is 1.48 bits per heavy atom. The third-order valence-corrected chi connectivity index (χ3v) is 4.06. The number of benzene rings is 1. The Labute approximate surface area is 124 Å². The van der Waals surface area contributed by atoms with E-state index in [0.29, 0.717) is 22.7 Å². The number of fused-ring (bicyclic) bond motifs is 1. The van der Waals surface area contributed by atoms with Crippen molar-refractivity contribution in [2.75, 3.05) is 0 Å². The van der Waals surface area contributed by atoms with Crippen molar-refractivity contribution in [1.82, 2.24) is 20.2 Å². The fraction of sp³-hybridized carbons (Fsp3) is 0.154. The number of amides is 1. The van der Waals surface area contributed by atoms with Crippen molar-refractivity contribution in [2.24, 2.45) is 12.9 Å². The monoisotopic (exact) mass is 303 g/mol. The minimum absolute atomic E-state index is 0.367. The van der Waals surface area contributed by atoms with E-state index in [1.54, 1.807) is 4.68 Å². The lowest BCUT2D eigenvalue weighted by Gasteiger charge is -2.02. The lowest BCUT2D eigenvalue weighted by atomic mass is 10.1. The average Bonchev–Trinajstić information content (AvgIpc) is 3.07. The number of rotatable bonds is 4. The fourth-order valence-electron chi connectivity index (χ4n) is 2.07. The van der Waals surface area contributed by atoms with Gasteiger partial charge in [-0.2, -0.15) is 5.10 Å². The number of carbonyl (C=O) groups is 1. The molecule has 0 bridgehead atoms. The molecule has 0 atom stereocenters. The van der Waals surface area contributed by atoms with Crippen molar-refractivity contribution >= 4 is 28.6 Å². The molecule has 0 saturated carbocycles. The molecule has 0 aliphatic rings. The van der Waals surface area contributed by atoms with Crippen LogP contribution in [0.25, 0.3) is 11.0 Å². The first-order chi connectivity index (χ1) is 10.2. The highest BCUT2D eigenvalue weighted by Crippen LogP contribution is 2.30. The molecule has 1 aromatic carbocycles. The maximum absolute atomic E-state index is 12.0. The summed E-state index contributed by atoms with van der Waals surface area (Å²) in [5.41, 5.74) is 3.28. The highest BCUT2D eigenvalue weighted by atomic mass is 32.2. The maximum atomic E-state index is 12.0. The highest BCUT2D eigenvalue weighted by Gasteiger charge is 2.20. The fourth-order valence-corrected chi connectivity index (χ4v) is 2.88. The standard InChI is InChI=1S/C13H13N5O2S/c1-18-13(15-7-16-18)21-6-10-11(12(19)17-14)8-4-2-3-5-9(8)20-10/h2-5,7H,6,14H2,1H3,(H,17,19). The second kappa shape index (κ2) is 5.58. The zero-order valence-electron chi connectivity index (χ0n) is 11.2. The number of nitrogens with two attached hydrogens (primary N) is 1. The summed E-state index contributed by atoms with van der Waals surface area (Å²) in [5, 5.41) is 5.49. The molecule has 0 unspecified atom stereocenters. The van der Waals surface area contributed by atoms with Crippen LogP contribution in [0.1, 0.15) is 16.1 Å². The lowest BCUT2D eigenvalue weighted by Crippen LogP contribution is -2.30. The molecule has 0 spiro atoms. The second-order valence-corrected chi connectivity index (χ2v) is 5.27. The van der Waals surface area contributed by atoms with Crippen molar-refractivity contribution in [2.45, 2.75) is 10.9 Å². The number of nitrogens with one attached hydrogen (secondary N) is 1. The number of hydrogen-bond donors (Lipinski definition) is 2. The van der Waals surface area contributed by atoms with Crippen LogP contribution >= 0.6 is 11.8 Å². The van der Waals surface area contributed by atoms with Crippen LogP contribution < -0.4 is 11.3 Å². The molecule has 1 amide bonds. The zero-order chi connectivity index (χ0) is 14.8. The molecular formula is C13H13N5O2S. The van der Waals surface area contributed by atoms with E-state index in [2.05, 4.69) is 15.5 Å².